The van der Waals surface area contributed by atoms with Gasteiger partial charge in [0, 0.05) is 44.1 Å². The molecule has 1 saturated heterocycles. The number of rotatable bonds is 6. The van der Waals surface area contributed by atoms with Crippen LogP contribution in [0.2, 0.25) is 5.02 Å². The molecule has 1 fully saturated rings. The van der Waals surface area contributed by atoms with E-state index in [1.165, 1.54) is 18.7 Å². The Kier molecular flexibility index (Phi) is 9.17. The molecule has 2 aromatic carbocycles. The summed E-state index contributed by atoms with van der Waals surface area (Å²) in [4.78, 5) is 44.7. The van der Waals surface area contributed by atoms with Crippen LogP contribution in [-0.4, -0.2) is 90.0 Å². The molecule has 3 amide bonds. The van der Waals surface area contributed by atoms with Crippen molar-refractivity contribution >= 4 is 46.9 Å². The van der Waals surface area contributed by atoms with Gasteiger partial charge in [-0.2, -0.15) is 5.10 Å². The van der Waals surface area contributed by atoms with E-state index in [4.69, 9.17) is 26.2 Å². The summed E-state index contributed by atoms with van der Waals surface area (Å²) >= 11 is 8.23. The van der Waals surface area contributed by atoms with Crippen molar-refractivity contribution in [3.05, 3.63) is 64.3 Å². The molecule has 2 aliphatic rings. The maximum atomic E-state index is 14.0. The fourth-order valence-electron chi connectivity index (χ4n) is 5.65. The fraction of sp³-hybridized carbons (Fsp3) is 0.438. The first-order chi connectivity index (χ1) is 20.9. The summed E-state index contributed by atoms with van der Waals surface area (Å²) in [7, 11) is 3.19. The van der Waals surface area contributed by atoms with Gasteiger partial charge in [-0.15, -0.1) is 11.8 Å². The minimum absolute atomic E-state index is 0.0129. The molecule has 0 saturated carbocycles. The van der Waals surface area contributed by atoms with Crippen molar-refractivity contribution in [2.24, 2.45) is 0 Å². The summed E-state index contributed by atoms with van der Waals surface area (Å²) in [5, 5.41) is 5.28. The van der Waals surface area contributed by atoms with Crippen LogP contribution in [0.3, 0.4) is 0 Å². The van der Waals surface area contributed by atoms with Crippen molar-refractivity contribution in [2.75, 3.05) is 57.6 Å². The van der Waals surface area contributed by atoms with Crippen LogP contribution in [0.15, 0.2) is 42.5 Å². The molecule has 234 valence electrons. The highest BCUT2D eigenvalue weighted by Crippen LogP contribution is 2.49. The van der Waals surface area contributed by atoms with E-state index in [9.17, 15) is 14.4 Å². The van der Waals surface area contributed by atoms with Gasteiger partial charge in [0.25, 0.3) is 0 Å². The van der Waals surface area contributed by atoms with Crippen LogP contribution in [0.1, 0.15) is 49.8 Å². The van der Waals surface area contributed by atoms with Crippen LogP contribution in [-0.2, 0) is 19.8 Å². The van der Waals surface area contributed by atoms with Gasteiger partial charge < -0.3 is 19.3 Å². The van der Waals surface area contributed by atoms with Gasteiger partial charge in [0.1, 0.15) is 12.4 Å². The highest BCUT2D eigenvalue weighted by molar-refractivity contribution is 8.00. The van der Waals surface area contributed by atoms with Crippen LogP contribution in [0, 0.1) is 0 Å². The standard InChI is InChI=1S/C32H38ClN5O5S/c1-20(39)35-13-15-36(16-14-35)26(40)18-37-27(41)19-44-29(21-11-12-24(42-5)25(17-21)43-6)28-30(32(2,3)4)34-38(31(28)37)23-10-8-7-9-22(23)33/h7-12,17,29H,13-16,18-19H2,1-6H3. The van der Waals surface area contributed by atoms with Crippen LogP contribution in [0.5, 0.6) is 11.5 Å². The number of thioether (sulfide) groups is 1. The highest BCUT2D eigenvalue weighted by Gasteiger charge is 2.41. The lowest BCUT2D eigenvalue weighted by Crippen LogP contribution is -2.53. The highest BCUT2D eigenvalue weighted by atomic mass is 35.5. The normalized spacial score (nSPS) is 17.3. The maximum absolute atomic E-state index is 14.0. The lowest BCUT2D eigenvalue weighted by atomic mass is 9.87. The fourth-order valence-corrected chi connectivity index (χ4v) is 7.05. The second-order valence-electron chi connectivity index (χ2n) is 11.9. The third-order valence-corrected chi connectivity index (χ3v) is 9.54. The molecule has 44 heavy (non-hydrogen) atoms. The van der Waals surface area contributed by atoms with E-state index < -0.39 is 5.41 Å². The Morgan fingerprint density at radius 1 is 1.00 bits per heavy atom. The Morgan fingerprint density at radius 3 is 2.27 bits per heavy atom. The van der Waals surface area contributed by atoms with E-state index in [2.05, 4.69) is 20.8 Å². The van der Waals surface area contributed by atoms with E-state index in [-0.39, 0.29) is 35.3 Å². The summed E-state index contributed by atoms with van der Waals surface area (Å²) in [5.41, 5.74) is 2.74. The van der Waals surface area contributed by atoms with Crippen molar-refractivity contribution < 1.29 is 23.9 Å². The Labute approximate surface area is 267 Å². The van der Waals surface area contributed by atoms with E-state index in [1.807, 2.05) is 36.4 Å². The molecule has 1 atom stereocenters. The minimum atomic E-state index is -0.419. The number of methoxy groups -OCH3 is 2. The summed E-state index contributed by atoms with van der Waals surface area (Å²) < 4.78 is 12.8. The smallest absolute Gasteiger partial charge is 0.242 e. The summed E-state index contributed by atoms with van der Waals surface area (Å²) in [6.45, 7) is 9.36. The summed E-state index contributed by atoms with van der Waals surface area (Å²) in [6, 6.07) is 13.1. The molecule has 0 aliphatic carbocycles. The number of aromatic nitrogens is 2. The minimum Gasteiger partial charge on any atom is -0.493 e. The molecular formula is C32H38ClN5O5S. The quantitative estimate of drug-likeness (QED) is 0.386. The molecular weight excluding hydrogens is 602 g/mol. The lowest BCUT2D eigenvalue weighted by molar-refractivity contribution is -0.137. The van der Waals surface area contributed by atoms with Gasteiger partial charge in [0.2, 0.25) is 17.7 Å². The number of hydrogen-bond donors (Lipinski definition) is 0. The van der Waals surface area contributed by atoms with Crippen LogP contribution in [0.4, 0.5) is 5.82 Å². The number of carbonyl (C=O) groups is 3. The number of hydrogen-bond acceptors (Lipinski definition) is 7. The van der Waals surface area contributed by atoms with E-state index in [0.29, 0.717) is 54.2 Å². The van der Waals surface area contributed by atoms with Gasteiger partial charge >= 0.3 is 0 Å². The Balaban J connectivity index is 1.68. The second kappa shape index (κ2) is 12.7. The number of nitrogens with zero attached hydrogens (tertiary/aromatic N) is 5. The van der Waals surface area contributed by atoms with Crippen molar-refractivity contribution in [2.45, 2.75) is 38.4 Å². The number of amides is 3. The predicted octanol–water partition coefficient (Wildman–Crippen LogP) is 4.70. The monoisotopic (exact) mass is 639 g/mol. The molecule has 3 heterocycles. The number of fused-ring (bicyclic) bond motifs is 1. The zero-order valence-electron chi connectivity index (χ0n) is 25.9. The van der Waals surface area contributed by atoms with Gasteiger partial charge in [-0.1, -0.05) is 50.6 Å². The Bertz CT molecular complexity index is 1580. The zero-order valence-corrected chi connectivity index (χ0v) is 27.5. The molecule has 1 aromatic heterocycles. The van der Waals surface area contributed by atoms with E-state index >= 15 is 0 Å². The number of ether oxygens (including phenoxy) is 2. The average Bonchev–Trinajstić information content (AvgIpc) is 3.34. The van der Waals surface area contributed by atoms with Gasteiger partial charge in [0.15, 0.2) is 11.5 Å². The van der Waals surface area contributed by atoms with Crippen molar-refractivity contribution in [1.82, 2.24) is 19.6 Å². The van der Waals surface area contributed by atoms with E-state index in [1.54, 1.807) is 39.7 Å². The van der Waals surface area contributed by atoms with Crippen molar-refractivity contribution in [3.63, 3.8) is 0 Å². The third kappa shape index (κ3) is 6.12. The van der Waals surface area contributed by atoms with Crippen molar-refractivity contribution in [1.29, 1.82) is 0 Å². The molecule has 12 heteroatoms. The van der Waals surface area contributed by atoms with Gasteiger partial charge in [-0.05, 0) is 29.8 Å². The van der Waals surface area contributed by atoms with Gasteiger partial charge in [-0.3, -0.25) is 19.3 Å². The first-order valence-electron chi connectivity index (χ1n) is 14.5. The Morgan fingerprint density at radius 2 is 1.66 bits per heavy atom. The first kappa shape index (κ1) is 31.7. The molecule has 10 nitrogen and oxygen atoms in total. The number of carbonyl (C=O) groups excluding carboxylic acids is 3. The largest absolute Gasteiger partial charge is 0.493 e. The molecule has 0 bridgehead atoms. The van der Waals surface area contributed by atoms with Crippen molar-refractivity contribution in [3.8, 4) is 17.2 Å². The lowest BCUT2D eigenvalue weighted by Gasteiger charge is -2.35. The van der Waals surface area contributed by atoms with Crippen LogP contribution >= 0.6 is 23.4 Å². The molecule has 0 radical (unpaired) electrons. The summed E-state index contributed by atoms with van der Waals surface area (Å²) in [6.07, 6.45) is 0. The topological polar surface area (TPSA) is 97.2 Å². The Hall–Kier alpha value is -3.70. The molecule has 3 aromatic rings. The molecule has 1 unspecified atom stereocenters. The third-order valence-electron chi connectivity index (χ3n) is 7.96. The molecule has 2 aliphatic heterocycles. The first-order valence-corrected chi connectivity index (χ1v) is 15.9. The predicted molar refractivity (Wildman–Crippen MR) is 172 cm³/mol. The number of halogens is 1. The number of benzene rings is 2. The number of para-hydroxylation sites is 1. The van der Waals surface area contributed by atoms with Crippen LogP contribution < -0.4 is 14.4 Å². The van der Waals surface area contributed by atoms with E-state index in [0.717, 1.165) is 16.8 Å². The number of piperazine rings is 1. The maximum Gasteiger partial charge on any atom is 0.242 e. The zero-order chi connectivity index (χ0) is 31.8. The molecule has 0 spiro atoms. The number of anilines is 1. The van der Waals surface area contributed by atoms with Gasteiger partial charge in [0.05, 0.1) is 41.6 Å². The second-order valence-corrected chi connectivity index (χ2v) is 13.4. The SMILES string of the molecule is COc1ccc(C2SCC(=O)N(CC(=O)N3CCN(C(C)=O)CC3)c3c2c(C(C)(C)C)nn3-c2ccccc2Cl)cc1OC. The molecule has 0 N–H and O–H groups in total. The average molecular weight is 640 g/mol. The molecule has 5 rings (SSSR count). The van der Waals surface area contributed by atoms with Gasteiger partial charge in [-0.25, -0.2) is 4.68 Å². The summed E-state index contributed by atoms with van der Waals surface area (Å²) in [5.74, 6) is 1.44. The van der Waals surface area contributed by atoms with Crippen LogP contribution in [0.25, 0.3) is 5.69 Å².